The van der Waals surface area contributed by atoms with Gasteiger partial charge in [-0.15, -0.1) is 0 Å². The number of aryl methyl sites for hydroxylation is 1. The summed E-state index contributed by atoms with van der Waals surface area (Å²) < 4.78 is 31.2. The third kappa shape index (κ3) is 2.62. The second-order valence-corrected chi connectivity index (χ2v) is 7.18. The first-order chi connectivity index (χ1) is 9.34. The quantitative estimate of drug-likeness (QED) is 0.823. The number of hydrogen-bond acceptors (Lipinski definition) is 7. The molecule has 0 saturated carbocycles. The third-order valence-electron chi connectivity index (χ3n) is 2.77. The molecule has 10 heteroatoms. The highest BCUT2D eigenvalue weighted by molar-refractivity contribution is 7.89. The predicted octanol–water partition coefficient (Wildman–Crippen LogP) is 0.321. The Balaban J connectivity index is 2.29. The van der Waals surface area contributed by atoms with E-state index in [1.807, 2.05) is 13.1 Å². The fourth-order valence-corrected chi connectivity index (χ4v) is 3.66. The molecule has 2 aromatic rings. The molecule has 0 unspecified atom stereocenters. The largest absolute Gasteiger partial charge is 0.382 e. The molecule has 3 N–H and O–H groups in total. The molecule has 2 heterocycles. The Morgan fingerprint density at radius 1 is 1.50 bits per heavy atom. The lowest BCUT2D eigenvalue weighted by Crippen LogP contribution is -2.23. The molecule has 8 nitrogen and oxygen atoms in total. The van der Waals surface area contributed by atoms with E-state index >= 15 is 0 Å². The molecule has 0 aromatic carbocycles. The van der Waals surface area contributed by atoms with E-state index in [1.54, 1.807) is 10.9 Å². The minimum atomic E-state index is -3.62. The van der Waals surface area contributed by atoms with Gasteiger partial charge in [0, 0.05) is 27.3 Å². The zero-order chi connectivity index (χ0) is 14.9. The number of nitrogens with zero attached hydrogens (tertiary/aromatic N) is 4. The summed E-state index contributed by atoms with van der Waals surface area (Å²) in [5.74, 6) is 0.0104. The number of nitrogen functional groups attached to an aromatic ring is 1. The highest BCUT2D eigenvalue weighted by Crippen LogP contribution is 2.33. The van der Waals surface area contributed by atoms with Crippen molar-refractivity contribution in [2.24, 2.45) is 7.05 Å². The maximum atomic E-state index is 12.2. The van der Waals surface area contributed by atoms with Gasteiger partial charge >= 0.3 is 0 Å². The molecular formula is C10H16N6O2S2. The highest BCUT2D eigenvalue weighted by Gasteiger charge is 2.27. The molecule has 0 aliphatic rings. The van der Waals surface area contributed by atoms with Crippen LogP contribution in [0.25, 0.3) is 0 Å². The van der Waals surface area contributed by atoms with Crippen LogP contribution in [0.4, 0.5) is 10.8 Å². The Kier molecular flexibility index (Phi) is 3.97. The van der Waals surface area contributed by atoms with E-state index in [4.69, 9.17) is 5.73 Å². The Hall–Kier alpha value is -1.65. The summed E-state index contributed by atoms with van der Waals surface area (Å²) in [6, 6.07) is 1.84. The van der Waals surface area contributed by atoms with Gasteiger partial charge in [0.1, 0.15) is 5.00 Å². The highest BCUT2D eigenvalue weighted by atomic mass is 32.2. The smallest absolute Gasteiger partial charge is 0.249 e. The van der Waals surface area contributed by atoms with Gasteiger partial charge in [0.25, 0.3) is 0 Å². The van der Waals surface area contributed by atoms with Gasteiger partial charge in [-0.25, -0.2) is 12.7 Å². The van der Waals surface area contributed by atoms with E-state index in [0.29, 0.717) is 11.5 Å². The van der Waals surface area contributed by atoms with Crippen molar-refractivity contribution in [2.45, 2.75) is 11.4 Å². The van der Waals surface area contributed by atoms with E-state index in [1.165, 1.54) is 14.1 Å². The number of aromatic nitrogens is 3. The number of hydrogen-bond donors (Lipinski definition) is 2. The summed E-state index contributed by atoms with van der Waals surface area (Å²) >= 11 is 1.03. The maximum Gasteiger partial charge on any atom is 0.249 e. The van der Waals surface area contributed by atoms with Gasteiger partial charge in [-0.1, -0.05) is 0 Å². The summed E-state index contributed by atoms with van der Waals surface area (Å²) in [6.07, 6.45) is 1.68. The van der Waals surface area contributed by atoms with Crippen LogP contribution < -0.4 is 11.1 Å². The first kappa shape index (κ1) is 14.8. The van der Waals surface area contributed by atoms with Crippen LogP contribution in [-0.2, 0) is 23.6 Å². The van der Waals surface area contributed by atoms with E-state index < -0.39 is 10.0 Å². The topological polar surface area (TPSA) is 106 Å². The van der Waals surface area contributed by atoms with Gasteiger partial charge in [-0.3, -0.25) is 4.68 Å². The normalized spacial score (nSPS) is 12.0. The van der Waals surface area contributed by atoms with Crippen LogP contribution in [0, 0.1) is 0 Å². The van der Waals surface area contributed by atoms with Crippen molar-refractivity contribution >= 4 is 32.4 Å². The van der Waals surface area contributed by atoms with Gasteiger partial charge in [0.05, 0.1) is 12.2 Å². The van der Waals surface area contributed by atoms with E-state index in [9.17, 15) is 8.42 Å². The average molecular weight is 316 g/mol. The lowest BCUT2D eigenvalue weighted by molar-refractivity contribution is 0.521. The summed E-state index contributed by atoms with van der Waals surface area (Å²) in [5, 5.41) is 7.52. The van der Waals surface area contributed by atoms with E-state index in [-0.39, 0.29) is 10.7 Å². The number of rotatable bonds is 5. The molecule has 0 aliphatic heterocycles. The van der Waals surface area contributed by atoms with E-state index in [0.717, 1.165) is 21.5 Å². The van der Waals surface area contributed by atoms with Crippen LogP contribution in [0.1, 0.15) is 5.69 Å². The number of sulfonamides is 1. The van der Waals surface area contributed by atoms with Gasteiger partial charge in [0.15, 0.2) is 10.7 Å². The molecule has 0 bridgehead atoms. The first-order valence-corrected chi connectivity index (χ1v) is 7.94. The predicted molar refractivity (Wildman–Crippen MR) is 77.9 cm³/mol. The molecule has 0 fully saturated rings. The maximum absolute atomic E-state index is 12.2. The van der Waals surface area contributed by atoms with Crippen LogP contribution >= 0.6 is 11.5 Å². The minimum Gasteiger partial charge on any atom is -0.382 e. The summed E-state index contributed by atoms with van der Waals surface area (Å²) in [7, 11) is 1.10. The van der Waals surface area contributed by atoms with Crippen molar-refractivity contribution in [1.82, 2.24) is 18.5 Å². The van der Waals surface area contributed by atoms with Crippen molar-refractivity contribution < 1.29 is 8.42 Å². The minimum absolute atomic E-state index is 0.0104. The second kappa shape index (κ2) is 5.38. The van der Waals surface area contributed by atoms with Gasteiger partial charge < -0.3 is 11.1 Å². The molecule has 0 aliphatic carbocycles. The summed E-state index contributed by atoms with van der Waals surface area (Å²) in [5.41, 5.74) is 6.60. The molecule has 0 radical (unpaired) electrons. The van der Waals surface area contributed by atoms with Gasteiger partial charge in [0.2, 0.25) is 10.0 Å². The molecular weight excluding hydrogens is 300 g/mol. The van der Waals surface area contributed by atoms with Gasteiger partial charge in [-0.05, 0) is 17.6 Å². The standard InChI is InChI=1S/C10H16N6O2S2/c1-15(2)20(17,18)8-9(11)14-19-10(8)12-6-7-4-5-13-16(7)3/h4-5,12H,6H2,1-3H3,(H2,11,14). The van der Waals surface area contributed by atoms with Crippen molar-refractivity contribution in [1.29, 1.82) is 0 Å². The van der Waals surface area contributed by atoms with E-state index in [2.05, 4.69) is 14.8 Å². The number of anilines is 2. The molecule has 0 atom stereocenters. The number of nitrogens with two attached hydrogens (primary N) is 1. The molecule has 0 saturated heterocycles. The molecule has 0 amide bonds. The Bertz CT molecular complexity index is 703. The summed E-state index contributed by atoms with van der Waals surface area (Å²) in [6.45, 7) is 0.439. The fourth-order valence-electron chi connectivity index (χ4n) is 1.58. The van der Waals surface area contributed by atoms with Crippen LogP contribution in [-0.4, -0.2) is 41.0 Å². The summed E-state index contributed by atoms with van der Waals surface area (Å²) in [4.78, 5) is 0.0228. The average Bonchev–Trinajstić information content (AvgIpc) is 2.93. The van der Waals surface area contributed by atoms with Crippen LogP contribution in [0.2, 0.25) is 0 Å². The van der Waals surface area contributed by atoms with Gasteiger partial charge in [-0.2, -0.15) is 9.47 Å². The van der Waals surface area contributed by atoms with Crippen LogP contribution in [0.5, 0.6) is 0 Å². The van der Waals surface area contributed by atoms with Crippen molar-refractivity contribution in [3.05, 3.63) is 18.0 Å². The number of nitrogens with one attached hydrogen (secondary N) is 1. The molecule has 0 spiro atoms. The second-order valence-electron chi connectivity index (χ2n) is 4.31. The zero-order valence-corrected chi connectivity index (χ0v) is 13.0. The van der Waals surface area contributed by atoms with Crippen LogP contribution in [0.15, 0.2) is 17.2 Å². The third-order valence-corrected chi connectivity index (χ3v) is 5.60. The molecule has 2 rings (SSSR count). The Morgan fingerprint density at radius 2 is 2.20 bits per heavy atom. The lowest BCUT2D eigenvalue weighted by Gasteiger charge is -2.12. The molecule has 110 valence electrons. The van der Waals surface area contributed by atoms with Crippen molar-refractivity contribution in [3.63, 3.8) is 0 Å². The zero-order valence-electron chi connectivity index (χ0n) is 11.4. The Labute approximate surface area is 121 Å². The monoisotopic (exact) mass is 316 g/mol. The van der Waals surface area contributed by atoms with Crippen molar-refractivity contribution in [2.75, 3.05) is 25.1 Å². The fraction of sp³-hybridized carbons (Fsp3) is 0.400. The first-order valence-electron chi connectivity index (χ1n) is 5.72. The van der Waals surface area contributed by atoms with Crippen molar-refractivity contribution in [3.8, 4) is 0 Å². The van der Waals surface area contributed by atoms with Crippen LogP contribution in [0.3, 0.4) is 0 Å². The SMILES string of the molecule is CN(C)S(=O)(=O)c1c(N)nsc1NCc1ccnn1C. The lowest BCUT2D eigenvalue weighted by atomic mass is 10.4. The molecule has 2 aromatic heterocycles. The Morgan fingerprint density at radius 3 is 2.75 bits per heavy atom. The molecule has 20 heavy (non-hydrogen) atoms.